The lowest BCUT2D eigenvalue weighted by molar-refractivity contribution is -0.120. The monoisotopic (exact) mass is 468 g/mol. The third-order valence-corrected chi connectivity index (χ3v) is 8.75. The molecule has 1 spiro atoms. The molecule has 3 saturated heterocycles. The van der Waals surface area contributed by atoms with Crippen LogP contribution in [0.3, 0.4) is 0 Å². The number of urea groups is 1. The van der Waals surface area contributed by atoms with E-state index in [2.05, 4.69) is 20.6 Å². The Morgan fingerprint density at radius 1 is 1.09 bits per heavy atom. The summed E-state index contributed by atoms with van der Waals surface area (Å²) in [6, 6.07) is 3.64. The lowest BCUT2D eigenvalue weighted by Gasteiger charge is -2.55. The minimum absolute atomic E-state index is 0.197. The summed E-state index contributed by atoms with van der Waals surface area (Å²) in [5.41, 5.74) is 2.15. The summed E-state index contributed by atoms with van der Waals surface area (Å²) in [4.78, 5) is 27.9. The van der Waals surface area contributed by atoms with Crippen LogP contribution < -0.4 is 15.5 Å². The van der Waals surface area contributed by atoms with Crippen LogP contribution in [0.2, 0.25) is 0 Å². The highest BCUT2D eigenvalue weighted by atomic mass is 19.1. The van der Waals surface area contributed by atoms with Crippen LogP contribution in [-0.4, -0.2) is 65.4 Å². The molecular weight excluding hydrogens is 435 g/mol. The first-order chi connectivity index (χ1) is 16.4. The first kappa shape index (κ1) is 22.0. The molecule has 9 heteroatoms. The zero-order chi connectivity index (χ0) is 23.4. The van der Waals surface area contributed by atoms with Crippen LogP contribution in [-0.2, 0) is 11.8 Å². The molecule has 6 rings (SSSR count). The molecule has 4 aliphatic rings. The number of likely N-dealkylation sites (tertiary alicyclic amines) is 1. The SMILES string of the molecule is Cn1nc(N2CCC(=O)NC2=O)c2cc(F)c(C3CCN(C4CC5(CCNCC5)C4)CC3)cc21. The molecule has 2 N–H and O–H groups in total. The van der Waals surface area contributed by atoms with Gasteiger partial charge in [-0.3, -0.25) is 19.7 Å². The summed E-state index contributed by atoms with van der Waals surface area (Å²) in [6.45, 7) is 4.62. The highest BCUT2D eigenvalue weighted by Gasteiger charge is 2.47. The van der Waals surface area contributed by atoms with E-state index >= 15 is 4.39 Å². The Balaban J connectivity index is 1.16. The van der Waals surface area contributed by atoms with Gasteiger partial charge < -0.3 is 10.2 Å². The van der Waals surface area contributed by atoms with Gasteiger partial charge in [-0.2, -0.15) is 5.10 Å². The number of nitrogens with one attached hydrogen (secondary N) is 2. The van der Waals surface area contributed by atoms with Crippen molar-refractivity contribution in [3.8, 4) is 0 Å². The Kier molecular flexibility index (Phi) is 5.37. The van der Waals surface area contributed by atoms with E-state index in [-0.39, 0.29) is 30.6 Å². The number of amides is 3. The number of fused-ring (bicyclic) bond motifs is 1. The molecule has 1 aliphatic carbocycles. The second kappa shape index (κ2) is 8.30. The lowest BCUT2D eigenvalue weighted by Crippen LogP contribution is -2.55. The van der Waals surface area contributed by atoms with Crippen LogP contribution >= 0.6 is 0 Å². The molecule has 1 aromatic heterocycles. The predicted octanol–water partition coefficient (Wildman–Crippen LogP) is 2.87. The maximum absolute atomic E-state index is 15.4. The molecule has 0 radical (unpaired) electrons. The van der Waals surface area contributed by atoms with Crippen molar-refractivity contribution >= 4 is 28.7 Å². The fourth-order valence-electron chi connectivity index (χ4n) is 6.69. The molecule has 0 unspecified atom stereocenters. The summed E-state index contributed by atoms with van der Waals surface area (Å²) in [7, 11) is 1.82. The number of aryl methyl sites for hydroxylation is 1. The number of imide groups is 1. The molecule has 1 saturated carbocycles. The van der Waals surface area contributed by atoms with Crippen molar-refractivity contribution < 1.29 is 14.0 Å². The molecule has 0 atom stereocenters. The van der Waals surface area contributed by atoms with E-state index in [1.165, 1.54) is 36.6 Å². The maximum atomic E-state index is 15.4. The third-order valence-electron chi connectivity index (χ3n) is 8.75. The van der Waals surface area contributed by atoms with Crippen molar-refractivity contribution in [3.63, 3.8) is 0 Å². The molecule has 8 nitrogen and oxygen atoms in total. The highest BCUT2D eigenvalue weighted by Crippen LogP contribution is 2.50. The second-order valence-electron chi connectivity index (χ2n) is 10.7. The van der Waals surface area contributed by atoms with Gasteiger partial charge in [0.05, 0.1) is 5.52 Å². The molecule has 4 heterocycles. The third kappa shape index (κ3) is 3.69. The molecule has 34 heavy (non-hydrogen) atoms. The Hall–Kier alpha value is -2.52. The van der Waals surface area contributed by atoms with E-state index in [1.54, 1.807) is 4.68 Å². The molecular formula is C25H33FN6O2. The van der Waals surface area contributed by atoms with Gasteiger partial charge in [-0.25, -0.2) is 9.18 Å². The smallest absolute Gasteiger partial charge is 0.317 e. The van der Waals surface area contributed by atoms with Gasteiger partial charge in [0.1, 0.15) is 5.82 Å². The van der Waals surface area contributed by atoms with Crippen molar-refractivity contribution in [2.75, 3.05) is 37.6 Å². The molecule has 0 bridgehead atoms. The average Bonchev–Trinajstić information content (AvgIpc) is 3.12. The second-order valence-corrected chi connectivity index (χ2v) is 10.7. The van der Waals surface area contributed by atoms with Crippen LogP contribution in [0.25, 0.3) is 10.9 Å². The standard InChI is InChI=1S/C25H33FN6O2/c1-30-21-13-18(20(26)12-19(21)23(29-30)32-11-4-22(33)28-24(32)34)16-2-9-31(10-3-16)17-14-25(15-17)5-7-27-8-6-25/h12-13,16-17,27H,2-11,14-15H2,1H3,(H,28,33,34). The molecule has 2 aromatic rings. The zero-order valence-electron chi connectivity index (χ0n) is 19.8. The lowest BCUT2D eigenvalue weighted by atomic mass is 9.60. The Bertz CT molecular complexity index is 1120. The van der Waals surface area contributed by atoms with Crippen molar-refractivity contribution in [2.45, 2.75) is 56.9 Å². The number of benzene rings is 1. The summed E-state index contributed by atoms with van der Waals surface area (Å²) < 4.78 is 17.1. The number of aromatic nitrogens is 2. The number of anilines is 1. The number of hydrogen-bond donors (Lipinski definition) is 2. The van der Waals surface area contributed by atoms with Crippen LogP contribution in [0.15, 0.2) is 12.1 Å². The van der Waals surface area contributed by atoms with E-state index < -0.39 is 6.03 Å². The van der Waals surface area contributed by atoms with Crippen LogP contribution in [0, 0.1) is 11.2 Å². The van der Waals surface area contributed by atoms with Crippen LogP contribution in [0.5, 0.6) is 0 Å². The minimum Gasteiger partial charge on any atom is -0.317 e. The number of halogens is 1. The van der Waals surface area contributed by atoms with Gasteiger partial charge in [0.2, 0.25) is 5.91 Å². The minimum atomic E-state index is -0.504. The van der Waals surface area contributed by atoms with Gasteiger partial charge >= 0.3 is 6.03 Å². The van der Waals surface area contributed by atoms with E-state index in [4.69, 9.17) is 0 Å². The summed E-state index contributed by atoms with van der Waals surface area (Å²) in [5.74, 6) is 0.0718. The van der Waals surface area contributed by atoms with E-state index in [0.29, 0.717) is 22.7 Å². The van der Waals surface area contributed by atoms with Crippen molar-refractivity contribution in [2.24, 2.45) is 12.5 Å². The Labute approximate surface area is 198 Å². The van der Waals surface area contributed by atoms with Gasteiger partial charge in [0.15, 0.2) is 5.82 Å². The van der Waals surface area contributed by atoms with Crippen molar-refractivity contribution in [3.05, 3.63) is 23.5 Å². The molecule has 3 aliphatic heterocycles. The molecule has 4 fully saturated rings. The van der Waals surface area contributed by atoms with Gasteiger partial charge in [-0.05, 0) is 93.7 Å². The van der Waals surface area contributed by atoms with Gasteiger partial charge in [-0.15, -0.1) is 0 Å². The van der Waals surface area contributed by atoms with Crippen molar-refractivity contribution in [1.29, 1.82) is 0 Å². The Morgan fingerprint density at radius 2 is 1.82 bits per heavy atom. The quantitative estimate of drug-likeness (QED) is 0.724. The van der Waals surface area contributed by atoms with E-state index in [9.17, 15) is 9.59 Å². The number of nitrogens with zero attached hydrogens (tertiary/aromatic N) is 4. The fourth-order valence-corrected chi connectivity index (χ4v) is 6.69. The number of carbonyl (C=O) groups excluding carboxylic acids is 2. The summed E-state index contributed by atoms with van der Waals surface area (Å²) in [5, 5.41) is 10.9. The normalized spacial score (nSPS) is 24.6. The number of rotatable bonds is 3. The van der Waals surface area contributed by atoms with Crippen molar-refractivity contribution in [1.82, 2.24) is 25.3 Å². The largest absolute Gasteiger partial charge is 0.329 e. The molecule has 182 valence electrons. The first-order valence-electron chi connectivity index (χ1n) is 12.6. The zero-order valence-corrected chi connectivity index (χ0v) is 19.8. The predicted molar refractivity (Wildman–Crippen MR) is 127 cm³/mol. The topological polar surface area (TPSA) is 82.5 Å². The van der Waals surface area contributed by atoms with Gasteiger partial charge in [-0.1, -0.05) is 0 Å². The number of piperidine rings is 2. The molecule has 3 amide bonds. The molecule has 1 aromatic carbocycles. The van der Waals surface area contributed by atoms with Gasteiger partial charge in [0.25, 0.3) is 0 Å². The summed E-state index contributed by atoms with van der Waals surface area (Å²) >= 11 is 0. The van der Waals surface area contributed by atoms with E-state index in [0.717, 1.165) is 50.1 Å². The first-order valence-corrected chi connectivity index (χ1v) is 12.6. The fraction of sp³-hybridized carbons (Fsp3) is 0.640. The van der Waals surface area contributed by atoms with Gasteiger partial charge in [0, 0.05) is 31.4 Å². The summed E-state index contributed by atoms with van der Waals surface area (Å²) in [6.07, 6.45) is 7.42. The number of hydrogen-bond acceptors (Lipinski definition) is 5. The van der Waals surface area contributed by atoms with Crippen LogP contribution in [0.1, 0.15) is 56.4 Å². The Morgan fingerprint density at radius 3 is 2.53 bits per heavy atom. The maximum Gasteiger partial charge on any atom is 0.329 e. The average molecular weight is 469 g/mol. The van der Waals surface area contributed by atoms with Crippen LogP contribution in [0.4, 0.5) is 15.0 Å². The highest BCUT2D eigenvalue weighted by molar-refractivity contribution is 6.08. The number of carbonyl (C=O) groups is 2. The van der Waals surface area contributed by atoms with E-state index in [1.807, 2.05) is 13.1 Å².